The molecular weight excluding hydrogens is 272 g/mol. The van der Waals surface area contributed by atoms with E-state index in [9.17, 15) is 18.0 Å². The minimum atomic E-state index is -3.95. The van der Waals surface area contributed by atoms with Crippen molar-refractivity contribution in [3.8, 4) is 0 Å². The number of primary sulfonamides is 1. The molecule has 0 saturated carbocycles. The second-order valence-electron chi connectivity index (χ2n) is 3.57. The van der Waals surface area contributed by atoms with E-state index in [1.54, 1.807) is 6.92 Å². The van der Waals surface area contributed by atoms with Crippen LogP contribution in [0.25, 0.3) is 0 Å². The zero-order valence-corrected chi connectivity index (χ0v) is 11.1. The molecule has 0 aliphatic carbocycles. The molecule has 0 aromatic heterocycles. The van der Waals surface area contributed by atoms with E-state index >= 15 is 0 Å². The van der Waals surface area contributed by atoms with Gasteiger partial charge in [0.1, 0.15) is 11.3 Å². The molecule has 1 aromatic rings. The number of hydrogen-bond acceptors (Lipinski definition) is 5. The largest absolute Gasteiger partial charge is 0.466 e. The topological polar surface area (TPSA) is 116 Å². The number of anilines is 1. The number of rotatable bonds is 5. The first kappa shape index (κ1) is 15.1. The third-order valence-corrected chi connectivity index (χ3v) is 3.05. The zero-order chi connectivity index (χ0) is 14.5. The fourth-order valence-corrected chi connectivity index (χ4v) is 2.05. The van der Waals surface area contributed by atoms with Gasteiger partial charge in [-0.25, -0.2) is 13.6 Å². The lowest BCUT2D eigenvalue weighted by Gasteiger charge is -2.09. The Morgan fingerprint density at radius 3 is 2.53 bits per heavy atom. The van der Waals surface area contributed by atoms with Gasteiger partial charge < -0.3 is 10.1 Å². The number of nitrogens with two attached hydrogens (primary N) is 1. The Hall–Kier alpha value is -1.93. The highest BCUT2D eigenvalue weighted by Gasteiger charge is 2.16. The summed E-state index contributed by atoms with van der Waals surface area (Å²) < 4.78 is 27.2. The number of nitrogens with one attached hydrogen (secondary N) is 1. The predicted molar refractivity (Wildman–Crippen MR) is 67.7 cm³/mol. The van der Waals surface area contributed by atoms with Gasteiger partial charge in [0, 0.05) is 0 Å². The monoisotopic (exact) mass is 286 g/mol. The molecule has 1 amide bonds. The van der Waals surface area contributed by atoms with Crippen molar-refractivity contribution >= 4 is 27.6 Å². The lowest BCUT2D eigenvalue weighted by atomic mass is 10.3. The molecule has 0 spiro atoms. The highest BCUT2D eigenvalue weighted by atomic mass is 32.2. The molecular formula is C11H14N2O5S. The molecule has 3 N–H and O–H groups in total. The fraction of sp³-hybridized carbons (Fsp3) is 0.273. The van der Waals surface area contributed by atoms with Crippen LogP contribution in [0.2, 0.25) is 0 Å². The summed E-state index contributed by atoms with van der Waals surface area (Å²) in [7, 11) is -3.95. The van der Waals surface area contributed by atoms with Crippen LogP contribution in [-0.2, 0) is 24.3 Å². The molecule has 0 atom stereocenters. The number of benzene rings is 1. The number of carbonyl (C=O) groups is 2. The molecule has 1 aromatic carbocycles. The number of carbonyl (C=O) groups excluding carboxylic acids is 2. The molecule has 1 rings (SSSR count). The molecule has 0 saturated heterocycles. The summed E-state index contributed by atoms with van der Waals surface area (Å²) in [6.07, 6.45) is -0.493. The molecule has 0 aliphatic heterocycles. The van der Waals surface area contributed by atoms with Crippen molar-refractivity contribution in [1.82, 2.24) is 0 Å². The van der Waals surface area contributed by atoms with Crippen LogP contribution in [0.5, 0.6) is 0 Å². The average Bonchev–Trinajstić information content (AvgIpc) is 2.28. The maximum atomic E-state index is 11.5. The molecule has 7 nitrogen and oxygen atoms in total. The molecule has 8 heteroatoms. The second-order valence-corrected chi connectivity index (χ2v) is 5.10. The SMILES string of the molecule is CCOC(=O)CC(=O)Nc1ccccc1S(N)(=O)=O. The molecule has 0 radical (unpaired) electrons. The van der Waals surface area contributed by atoms with E-state index in [0.29, 0.717) is 0 Å². The van der Waals surface area contributed by atoms with Crippen molar-refractivity contribution in [3.05, 3.63) is 24.3 Å². The summed E-state index contributed by atoms with van der Waals surface area (Å²) in [4.78, 5) is 22.4. The first-order chi connectivity index (χ1) is 8.84. The van der Waals surface area contributed by atoms with Crippen molar-refractivity contribution in [1.29, 1.82) is 0 Å². The van der Waals surface area contributed by atoms with E-state index in [2.05, 4.69) is 10.1 Å². The minimum absolute atomic E-state index is 0.0271. The van der Waals surface area contributed by atoms with Gasteiger partial charge in [-0.1, -0.05) is 12.1 Å². The highest BCUT2D eigenvalue weighted by Crippen LogP contribution is 2.19. The van der Waals surface area contributed by atoms with Crippen molar-refractivity contribution in [2.24, 2.45) is 5.14 Å². The number of esters is 1. The van der Waals surface area contributed by atoms with Crippen LogP contribution in [0, 0.1) is 0 Å². The minimum Gasteiger partial charge on any atom is -0.466 e. The first-order valence-electron chi connectivity index (χ1n) is 5.42. The Labute approximate surface area is 110 Å². The average molecular weight is 286 g/mol. The maximum absolute atomic E-state index is 11.5. The summed E-state index contributed by atoms with van der Waals surface area (Å²) in [5, 5.41) is 7.32. The van der Waals surface area contributed by atoms with Crippen molar-refractivity contribution in [2.75, 3.05) is 11.9 Å². The fourth-order valence-electron chi connectivity index (χ4n) is 1.36. The number of para-hydroxylation sites is 1. The molecule has 0 heterocycles. The summed E-state index contributed by atoms with van der Waals surface area (Å²) in [6, 6.07) is 5.65. The first-order valence-corrected chi connectivity index (χ1v) is 6.96. The van der Waals surface area contributed by atoms with Gasteiger partial charge in [0.05, 0.1) is 12.3 Å². The van der Waals surface area contributed by atoms with E-state index in [0.717, 1.165) is 0 Å². The van der Waals surface area contributed by atoms with Gasteiger partial charge in [0.2, 0.25) is 15.9 Å². The normalized spacial score (nSPS) is 10.8. The molecule has 0 bridgehead atoms. The van der Waals surface area contributed by atoms with Crippen molar-refractivity contribution in [2.45, 2.75) is 18.2 Å². The highest BCUT2D eigenvalue weighted by molar-refractivity contribution is 7.89. The van der Waals surface area contributed by atoms with Crippen LogP contribution in [0.1, 0.15) is 13.3 Å². The molecule has 0 fully saturated rings. The Morgan fingerprint density at radius 2 is 1.95 bits per heavy atom. The molecule has 0 aliphatic rings. The van der Waals surface area contributed by atoms with Gasteiger partial charge in [-0.15, -0.1) is 0 Å². The molecule has 104 valence electrons. The van der Waals surface area contributed by atoms with Crippen LogP contribution in [0.15, 0.2) is 29.2 Å². The Bertz CT molecular complexity index is 583. The molecule has 0 unspecified atom stereocenters. The number of amides is 1. The van der Waals surface area contributed by atoms with Crippen molar-refractivity contribution < 1.29 is 22.7 Å². The third-order valence-electron chi connectivity index (χ3n) is 2.08. The van der Waals surface area contributed by atoms with Gasteiger partial charge in [0.25, 0.3) is 0 Å². The van der Waals surface area contributed by atoms with Crippen molar-refractivity contribution in [3.63, 3.8) is 0 Å². The molecule has 19 heavy (non-hydrogen) atoms. The standard InChI is InChI=1S/C11H14N2O5S/c1-2-18-11(15)7-10(14)13-8-5-3-4-6-9(8)19(12,16)17/h3-6H,2,7H2,1H3,(H,13,14)(H2,12,16,17). The van der Waals surface area contributed by atoms with Crippen LogP contribution >= 0.6 is 0 Å². The maximum Gasteiger partial charge on any atom is 0.315 e. The quantitative estimate of drug-likeness (QED) is 0.593. The van der Waals surface area contributed by atoms with Crippen LogP contribution < -0.4 is 10.5 Å². The van der Waals surface area contributed by atoms with E-state index in [-0.39, 0.29) is 17.2 Å². The van der Waals surface area contributed by atoms with E-state index in [1.165, 1.54) is 24.3 Å². The lowest BCUT2D eigenvalue weighted by molar-refractivity contribution is -0.145. The van der Waals surface area contributed by atoms with E-state index in [4.69, 9.17) is 5.14 Å². The van der Waals surface area contributed by atoms with E-state index < -0.39 is 28.3 Å². The number of sulfonamides is 1. The lowest BCUT2D eigenvalue weighted by Crippen LogP contribution is -2.21. The van der Waals surface area contributed by atoms with Gasteiger partial charge >= 0.3 is 5.97 Å². The number of ether oxygens (including phenoxy) is 1. The van der Waals surface area contributed by atoms with Crippen LogP contribution in [0.3, 0.4) is 0 Å². The smallest absolute Gasteiger partial charge is 0.315 e. The summed E-state index contributed by atoms with van der Waals surface area (Å²) in [5.74, 6) is -1.36. The predicted octanol–water partition coefficient (Wildman–Crippen LogP) is 0.226. The Balaban J connectivity index is 2.83. The third kappa shape index (κ3) is 4.68. The summed E-state index contributed by atoms with van der Waals surface area (Å²) >= 11 is 0. The Morgan fingerprint density at radius 1 is 1.32 bits per heavy atom. The summed E-state index contributed by atoms with van der Waals surface area (Å²) in [5.41, 5.74) is 0.0271. The van der Waals surface area contributed by atoms with Crippen LogP contribution in [0.4, 0.5) is 5.69 Å². The van der Waals surface area contributed by atoms with E-state index in [1.807, 2.05) is 0 Å². The van der Waals surface area contributed by atoms with Gasteiger partial charge in [-0.2, -0.15) is 0 Å². The van der Waals surface area contributed by atoms with Gasteiger partial charge in [-0.3, -0.25) is 9.59 Å². The van der Waals surface area contributed by atoms with Crippen LogP contribution in [-0.4, -0.2) is 26.9 Å². The Kier molecular flexibility index (Phi) is 5.02. The number of hydrogen-bond donors (Lipinski definition) is 2. The second kappa shape index (κ2) is 6.30. The van der Waals surface area contributed by atoms with Gasteiger partial charge in [-0.05, 0) is 19.1 Å². The summed E-state index contributed by atoms with van der Waals surface area (Å²) in [6.45, 7) is 1.78. The zero-order valence-electron chi connectivity index (χ0n) is 10.3. The van der Waals surface area contributed by atoms with Gasteiger partial charge in [0.15, 0.2) is 0 Å².